The van der Waals surface area contributed by atoms with Gasteiger partial charge in [0, 0.05) is 26.2 Å². The van der Waals surface area contributed by atoms with Gasteiger partial charge in [-0.25, -0.2) is 14.7 Å². The van der Waals surface area contributed by atoms with Crippen LogP contribution >= 0.6 is 24.0 Å². The van der Waals surface area contributed by atoms with Crippen LogP contribution in [-0.4, -0.2) is 57.7 Å². The summed E-state index contributed by atoms with van der Waals surface area (Å²) in [5.41, 5.74) is 1.39. The van der Waals surface area contributed by atoms with E-state index in [1.54, 1.807) is 0 Å². The third-order valence-electron chi connectivity index (χ3n) is 6.34. The van der Waals surface area contributed by atoms with E-state index in [9.17, 15) is 4.79 Å². The van der Waals surface area contributed by atoms with E-state index in [4.69, 9.17) is 0 Å². The van der Waals surface area contributed by atoms with Crippen LogP contribution in [0.4, 0.5) is 0 Å². The van der Waals surface area contributed by atoms with Crippen molar-refractivity contribution in [1.82, 2.24) is 30.3 Å². The van der Waals surface area contributed by atoms with Crippen LogP contribution in [0.2, 0.25) is 0 Å². The first-order chi connectivity index (χ1) is 15.6. The zero-order valence-corrected chi connectivity index (χ0v) is 22.0. The van der Waals surface area contributed by atoms with Gasteiger partial charge < -0.3 is 15.5 Å². The first-order valence-electron chi connectivity index (χ1n) is 11.9. The summed E-state index contributed by atoms with van der Waals surface area (Å²) in [6.45, 7) is 7.40. The van der Waals surface area contributed by atoms with E-state index < -0.39 is 0 Å². The molecule has 0 aliphatic carbocycles. The standard InChI is InChI=1S/C24H35N7O.HI/c1-3-25-24(28-21-10-7-13-31-23(21)27-18(2)29-31)26-17-22(32)30-14-11-20(12-15-30)16-19-8-5-4-6-9-19;/h4-6,8-9,20-21H,3,7,10-17H2,1-2H3,(H2,25,26,28);1H. The van der Waals surface area contributed by atoms with E-state index in [2.05, 4.69) is 56.0 Å². The van der Waals surface area contributed by atoms with Crippen molar-refractivity contribution < 1.29 is 4.79 Å². The van der Waals surface area contributed by atoms with Gasteiger partial charge in [0.05, 0.1) is 6.04 Å². The number of amides is 1. The summed E-state index contributed by atoms with van der Waals surface area (Å²) in [4.78, 5) is 23.9. The SMILES string of the molecule is CCNC(=NCC(=O)N1CCC(Cc2ccccc2)CC1)NC1CCCn2nc(C)nc21.I. The Morgan fingerprint density at radius 2 is 1.91 bits per heavy atom. The third kappa shape index (κ3) is 6.91. The number of guanidine groups is 1. The van der Waals surface area contributed by atoms with Crippen molar-refractivity contribution in [2.45, 2.75) is 58.5 Å². The van der Waals surface area contributed by atoms with Gasteiger partial charge in [-0.1, -0.05) is 30.3 Å². The summed E-state index contributed by atoms with van der Waals surface area (Å²) < 4.78 is 1.98. The zero-order chi connectivity index (χ0) is 22.3. The van der Waals surface area contributed by atoms with Gasteiger partial charge in [-0.2, -0.15) is 5.10 Å². The normalized spacial score (nSPS) is 18.9. The average Bonchev–Trinajstić information content (AvgIpc) is 3.20. The van der Waals surface area contributed by atoms with Crippen molar-refractivity contribution >= 4 is 35.8 Å². The second-order valence-electron chi connectivity index (χ2n) is 8.79. The average molecular weight is 566 g/mol. The van der Waals surface area contributed by atoms with Crippen molar-refractivity contribution in [3.63, 3.8) is 0 Å². The molecule has 180 valence electrons. The van der Waals surface area contributed by atoms with Gasteiger partial charge in [-0.15, -0.1) is 24.0 Å². The minimum absolute atomic E-state index is 0. The molecule has 1 fully saturated rings. The minimum Gasteiger partial charge on any atom is -0.357 e. The van der Waals surface area contributed by atoms with Crippen LogP contribution in [0.15, 0.2) is 35.3 Å². The Bertz CT molecular complexity index is 922. The highest BCUT2D eigenvalue weighted by Crippen LogP contribution is 2.23. The molecule has 2 aromatic rings. The minimum atomic E-state index is 0. The van der Waals surface area contributed by atoms with Crippen molar-refractivity contribution in [2.24, 2.45) is 10.9 Å². The summed E-state index contributed by atoms with van der Waals surface area (Å²) in [6.07, 6.45) is 5.23. The Morgan fingerprint density at radius 3 is 2.64 bits per heavy atom. The number of likely N-dealkylation sites (tertiary alicyclic amines) is 1. The molecule has 3 heterocycles. The summed E-state index contributed by atoms with van der Waals surface area (Å²) in [7, 11) is 0. The molecular weight excluding hydrogens is 529 g/mol. The van der Waals surface area contributed by atoms with E-state index in [1.165, 1.54) is 5.56 Å². The van der Waals surface area contributed by atoms with Crippen molar-refractivity contribution in [3.05, 3.63) is 47.5 Å². The Morgan fingerprint density at radius 1 is 1.15 bits per heavy atom. The summed E-state index contributed by atoms with van der Waals surface area (Å²) in [6, 6.07) is 10.7. The van der Waals surface area contributed by atoms with E-state index in [0.29, 0.717) is 11.9 Å². The molecule has 1 aromatic carbocycles. The van der Waals surface area contributed by atoms with Gasteiger partial charge in [0.2, 0.25) is 5.91 Å². The van der Waals surface area contributed by atoms with E-state index in [1.807, 2.05) is 23.4 Å². The Balaban J connectivity index is 0.00000306. The lowest BCUT2D eigenvalue weighted by Gasteiger charge is -2.32. The number of carbonyl (C=O) groups excluding carboxylic acids is 1. The highest BCUT2D eigenvalue weighted by atomic mass is 127. The number of fused-ring (bicyclic) bond motifs is 1. The highest BCUT2D eigenvalue weighted by molar-refractivity contribution is 14.0. The maximum atomic E-state index is 12.8. The zero-order valence-electron chi connectivity index (χ0n) is 19.7. The molecule has 8 nitrogen and oxygen atoms in total. The number of piperidine rings is 1. The monoisotopic (exact) mass is 565 g/mol. The number of hydrogen-bond acceptors (Lipinski definition) is 4. The number of hydrogen-bond donors (Lipinski definition) is 2. The molecule has 1 saturated heterocycles. The summed E-state index contributed by atoms with van der Waals surface area (Å²) >= 11 is 0. The number of benzene rings is 1. The lowest BCUT2D eigenvalue weighted by atomic mass is 9.90. The third-order valence-corrected chi connectivity index (χ3v) is 6.34. The molecule has 9 heteroatoms. The van der Waals surface area contributed by atoms with Crippen LogP contribution in [0, 0.1) is 12.8 Å². The molecule has 1 aromatic heterocycles. The number of nitrogens with zero attached hydrogens (tertiary/aromatic N) is 5. The lowest BCUT2D eigenvalue weighted by molar-refractivity contribution is -0.130. The topological polar surface area (TPSA) is 87.4 Å². The van der Waals surface area contributed by atoms with Gasteiger partial charge in [-0.05, 0) is 57.4 Å². The number of nitrogens with one attached hydrogen (secondary N) is 2. The molecule has 0 radical (unpaired) electrons. The van der Waals surface area contributed by atoms with Crippen LogP contribution in [0.5, 0.6) is 0 Å². The molecule has 2 N–H and O–H groups in total. The molecule has 1 amide bonds. The largest absolute Gasteiger partial charge is 0.357 e. The second kappa shape index (κ2) is 12.3. The Kier molecular flexibility index (Phi) is 9.52. The summed E-state index contributed by atoms with van der Waals surface area (Å²) in [5, 5.41) is 11.2. The van der Waals surface area contributed by atoms with Crippen LogP contribution in [0.25, 0.3) is 0 Å². The Labute approximate surface area is 213 Å². The highest BCUT2D eigenvalue weighted by Gasteiger charge is 2.25. The van der Waals surface area contributed by atoms with Gasteiger partial charge in [0.25, 0.3) is 0 Å². The van der Waals surface area contributed by atoms with Crippen LogP contribution < -0.4 is 10.6 Å². The fourth-order valence-corrected chi connectivity index (χ4v) is 4.67. The Hall–Kier alpha value is -2.17. The van der Waals surface area contributed by atoms with Crippen LogP contribution in [-0.2, 0) is 17.8 Å². The molecule has 4 rings (SSSR count). The molecule has 1 atom stereocenters. The second-order valence-corrected chi connectivity index (χ2v) is 8.79. The number of halogens is 1. The predicted molar refractivity (Wildman–Crippen MR) is 141 cm³/mol. The van der Waals surface area contributed by atoms with Crippen molar-refractivity contribution in [1.29, 1.82) is 0 Å². The number of aryl methyl sites for hydroxylation is 2. The van der Waals surface area contributed by atoms with Crippen LogP contribution in [0.1, 0.15) is 55.9 Å². The maximum absolute atomic E-state index is 12.8. The predicted octanol–water partition coefficient (Wildman–Crippen LogP) is 3.08. The van der Waals surface area contributed by atoms with E-state index in [-0.39, 0.29) is 42.5 Å². The van der Waals surface area contributed by atoms with E-state index >= 15 is 0 Å². The molecule has 2 aliphatic heterocycles. The smallest absolute Gasteiger partial charge is 0.244 e. The number of rotatable bonds is 6. The molecule has 0 bridgehead atoms. The fourth-order valence-electron chi connectivity index (χ4n) is 4.67. The van der Waals surface area contributed by atoms with Crippen molar-refractivity contribution in [2.75, 3.05) is 26.2 Å². The quantitative estimate of drug-likeness (QED) is 0.320. The fraction of sp³-hybridized carbons (Fsp3) is 0.583. The molecule has 0 spiro atoms. The number of carbonyl (C=O) groups is 1. The van der Waals surface area contributed by atoms with Gasteiger partial charge in [0.15, 0.2) is 5.96 Å². The van der Waals surface area contributed by atoms with Crippen LogP contribution in [0.3, 0.4) is 0 Å². The van der Waals surface area contributed by atoms with Crippen molar-refractivity contribution in [3.8, 4) is 0 Å². The lowest BCUT2D eigenvalue weighted by Crippen LogP contribution is -2.43. The molecule has 2 aliphatic rings. The van der Waals surface area contributed by atoms with E-state index in [0.717, 1.165) is 69.9 Å². The maximum Gasteiger partial charge on any atom is 0.244 e. The summed E-state index contributed by atoms with van der Waals surface area (Å²) in [5.74, 6) is 3.16. The molecule has 0 saturated carbocycles. The first kappa shape index (κ1) is 25.5. The number of aliphatic imine (C=N–C) groups is 1. The molecular formula is C24H36IN7O. The van der Waals surface area contributed by atoms with Gasteiger partial charge in [-0.3, -0.25) is 4.79 Å². The van der Waals surface area contributed by atoms with Gasteiger partial charge in [0.1, 0.15) is 18.2 Å². The van der Waals surface area contributed by atoms with Gasteiger partial charge >= 0.3 is 0 Å². The molecule has 33 heavy (non-hydrogen) atoms. The first-order valence-corrected chi connectivity index (χ1v) is 11.9. The molecule has 1 unspecified atom stereocenters. The number of aromatic nitrogens is 3.